The summed E-state index contributed by atoms with van der Waals surface area (Å²) in [6.07, 6.45) is 2.50. The minimum absolute atomic E-state index is 0.0788. The number of amides is 1. The van der Waals surface area contributed by atoms with E-state index in [1.165, 1.54) is 5.56 Å². The highest BCUT2D eigenvalue weighted by Gasteiger charge is 2.27. The fourth-order valence-corrected chi connectivity index (χ4v) is 3.24. The van der Waals surface area contributed by atoms with Crippen molar-refractivity contribution in [3.63, 3.8) is 0 Å². The molecule has 1 saturated heterocycles. The van der Waals surface area contributed by atoms with Gasteiger partial charge in [0.25, 0.3) is 0 Å². The van der Waals surface area contributed by atoms with E-state index in [1.807, 2.05) is 39.0 Å². The number of benzene rings is 1. The van der Waals surface area contributed by atoms with Crippen molar-refractivity contribution in [1.29, 1.82) is 0 Å². The van der Waals surface area contributed by atoms with Crippen LogP contribution in [0.15, 0.2) is 35.3 Å². The van der Waals surface area contributed by atoms with Gasteiger partial charge < -0.3 is 25.0 Å². The minimum Gasteiger partial charge on any atom is -0.444 e. The number of nitrogens with one attached hydrogen (secondary N) is 2. The lowest BCUT2D eigenvalue weighted by molar-refractivity contribution is 0.0507. The molecule has 1 aliphatic rings. The van der Waals surface area contributed by atoms with Gasteiger partial charge in [0, 0.05) is 32.8 Å². The summed E-state index contributed by atoms with van der Waals surface area (Å²) in [7, 11) is 0. The highest BCUT2D eigenvalue weighted by molar-refractivity contribution is 5.80. The first-order chi connectivity index (χ1) is 14.4. The number of nitrogens with zero attached hydrogens (tertiary/aromatic N) is 2. The molecule has 7 heteroatoms. The van der Waals surface area contributed by atoms with Gasteiger partial charge in [0.05, 0.1) is 12.6 Å². The van der Waals surface area contributed by atoms with Gasteiger partial charge in [0.2, 0.25) is 0 Å². The fraction of sp³-hybridized carbons (Fsp3) is 0.652. The van der Waals surface area contributed by atoms with Crippen LogP contribution in [-0.2, 0) is 16.1 Å². The number of unbranched alkanes of at least 4 members (excludes halogenated alkanes) is 1. The third kappa shape index (κ3) is 9.48. The van der Waals surface area contributed by atoms with Crippen molar-refractivity contribution in [2.45, 2.75) is 65.2 Å². The first-order valence-electron chi connectivity index (χ1n) is 11.0. The second-order valence-corrected chi connectivity index (χ2v) is 8.56. The zero-order valence-electron chi connectivity index (χ0n) is 18.9. The quantitative estimate of drug-likeness (QED) is 0.364. The summed E-state index contributed by atoms with van der Waals surface area (Å²) in [4.78, 5) is 19.0. The van der Waals surface area contributed by atoms with Crippen LogP contribution in [0.3, 0.4) is 0 Å². The lowest BCUT2D eigenvalue weighted by atomic mass is 10.2. The summed E-state index contributed by atoms with van der Waals surface area (Å²) in [5, 5.41) is 6.33. The van der Waals surface area contributed by atoms with Gasteiger partial charge in [-0.1, -0.05) is 30.3 Å². The largest absolute Gasteiger partial charge is 0.444 e. The molecule has 0 saturated carbocycles. The number of hydrogen-bond donors (Lipinski definition) is 2. The fourth-order valence-electron chi connectivity index (χ4n) is 3.24. The summed E-state index contributed by atoms with van der Waals surface area (Å²) >= 11 is 0. The molecule has 0 spiro atoms. The number of ether oxygens (including phenoxy) is 2. The standard InChI is InChI=1S/C23H38N4O3/c1-5-24-21(25-14-9-10-16-29-18-19-11-7-6-8-12-19)27-15-13-20(17-27)26-22(28)30-23(2,3)4/h6-8,11-12,20H,5,9-10,13-18H2,1-4H3,(H,24,25)(H,26,28). The number of hydrogen-bond acceptors (Lipinski definition) is 4. The Labute approximate surface area is 181 Å². The molecule has 1 aromatic rings. The normalized spacial score (nSPS) is 17.1. The Morgan fingerprint density at radius 3 is 2.70 bits per heavy atom. The van der Waals surface area contributed by atoms with E-state index >= 15 is 0 Å². The first-order valence-corrected chi connectivity index (χ1v) is 11.0. The average Bonchev–Trinajstić information content (AvgIpc) is 3.13. The van der Waals surface area contributed by atoms with E-state index < -0.39 is 5.60 Å². The number of alkyl carbamates (subject to hydrolysis) is 1. The molecule has 1 fully saturated rings. The Hall–Kier alpha value is -2.28. The summed E-state index contributed by atoms with van der Waals surface area (Å²) in [5.74, 6) is 0.913. The Balaban J connectivity index is 1.67. The van der Waals surface area contributed by atoms with E-state index in [4.69, 9.17) is 14.5 Å². The topological polar surface area (TPSA) is 75.2 Å². The monoisotopic (exact) mass is 418 g/mol. The summed E-state index contributed by atoms with van der Waals surface area (Å²) in [6.45, 7) is 12.3. The third-order valence-electron chi connectivity index (χ3n) is 4.61. The third-order valence-corrected chi connectivity index (χ3v) is 4.61. The number of carbonyl (C=O) groups excluding carboxylic acids is 1. The molecule has 1 unspecified atom stereocenters. The Kier molecular flexibility index (Phi) is 9.94. The zero-order chi connectivity index (χ0) is 21.8. The van der Waals surface area contributed by atoms with Crippen LogP contribution in [-0.4, -0.2) is 61.4 Å². The summed E-state index contributed by atoms with van der Waals surface area (Å²) < 4.78 is 11.1. The molecule has 0 aromatic heterocycles. The van der Waals surface area contributed by atoms with Crippen LogP contribution >= 0.6 is 0 Å². The maximum Gasteiger partial charge on any atom is 0.407 e. The molecule has 168 valence electrons. The minimum atomic E-state index is -0.483. The van der Waals surface area contributed by atoms with Gasteiger partial charge in [0.15, 0.2) is 5.96 Å². The SMILES string of the molecule is CCNC(=NCCCCOCc1ccccc1)N1CCC(NC(=O)OC(C)(C)C)C1. The van der Waals surface area contributed by atoms with E-state index in [1.54, 1.807) is 0 Å². The van der Waals surface area contributed by atoms with Crippen molar-refractivity contribution >= 4 is 12.1 Å². The van der Waals surface area contributed by atoms with Crippen LogP contribution in [0, 0.1) is 0 Å². The Morgan fingerprint density at radius 1 is 1.23 bits per heavy atom. The molecule has 1 heterocycles. The zero-order valence-corrected chi connectivity index (χ0v) is 18.9. The van der Waals surface area contributed by atoms with Gasteiger partial charge in [-0.25, -0.2) is 4.79 Å². The van der Waals surface area contributed by atoms with Crippen molar-refractivity contribution in [3.8, 4) is 0 Å². The predicted molar refractivity (Wildman–Crippen MR) is 121 cm³/mol. The predicted octanol–water partition coefficient (Wildman–Crippen LogP) is 3.55. The van der Waals surface area contributed by atoms with Crippen LogP contribution in [0.5, 0.6) is 0 Å². The molecule has 7 nitrogen and oxygen atoms in total. The van der Waals surface area contributed by atoms with Crippen molar-refractivity contribution in [2.24, 2.45) is 4.99 Å². The van der Waals surface area contributed by atoms with Crippen LogP contribution in [0.2, 0.25) is 0 Å². The molecule has 0 aliphatic carbocycles. The number of guanidine groups is 1. The molecule has 0 bridgehead atoms. The van der Waals surface area contributed by atoms with Crippen molar-refractivity contribution in [1.82, 2.24) is 15.5 Å². The molecule has 30 heavy (non-hydrogen) atoms. The van der Waals surface area contributed by atoms with Gasteiger partial charge in [0.1, 0.15) is 5.60 Å². The number of carbonyl (C=O) groups is 1. The smallest absolute Gasteiger partial charge is 0.407 e. The molecule has 0 radical (unpaired) electrons. The van der Waals surface area contributed by atoms with Crippen LogP contribution in [0.25, 0.3) is 0 Å². The molecular weight excluding hydrogens is 380 g/mol. The first kappa shape index (κ1) is 24.0. The molecule has 1 aromatic carbocycles. The summed E-state index contributed by atoms with van der Waals surface area (Å²) in [5.41, 5.74) is 0.720. The molecule has 1 atom stereocenters. The van der Waals surface area contributed by atoms with Crippen LogP contribution in [0.1, 0.15) is 52.5 Å². The van der Waals surface area contributed by atoms with Gasteiger partial charge in [-0.05, 0) is 52.5 Å². The van der Waals surface area contributed by atoms with Gasteiger partial charge in [-0.2, -0.15) is 0 Å². The number of aliphatic imine (C=N–C) groups is 1. The van der Waals surface area contributed by atoms with Crippen molar-refractivity contribution < 1.29 is 14.3 Å². The molecule has 2 N–H and O–H groups in total. The van der Waals surface area contributed by atoms with E-state index in [2.05, 4.69) is 34.6 Å². The molecule has 2 rings (SSSR count). The molecule has 1 aliphatic heterocycles. The Bertz CT molecular complexity index is 658. The van der Waals surface area contributed by atoms with E-state index in [0.717, 1.165) is 58.0 Å². The lowest BCUT2D eigenvalue weighted by Gasteiger charge is -2.23. The molecular formula is C23H38N4O3. The highest BCUT2D eigenvalue weighted by atomic mass is 16.6. The maximum atomic E-state index is 12.0. The number of rotatable bonds is 9. The second-order valence-electron chi connectivity index (χ2n) is 8.56. The van der Waals surface area contributed by atoms with Crippen molar-refractivity contribution in [3.05, 3.63) is 35.9 Å². The molecule has 1 amide bonds. The van der Waals surface area contributed by atoms with Gasteiger partial charge in [-0.3, -0.25) is 4.99 Å². The van der Waals surface area contributed by atoms with Crippen LogP contribution < -0.4 is 10.6 Å². The average molecular weight is 419 g/mol. The highest BCUT2D eigenvalue weighted by Crippen LogP contribution is 2.12. The van der Waals surface area contributed by atoms with Gasteiger partial charge in [-0.15, -0.1) is 0 Å². The number of likely N-dealkylation sites (tertiary alicyclic amines) is 1. The van der Waals surface area contributed by atoms with Crippen LogP contribution in [0.4, 0.5) is 4.79 Å². The van der Waals surface area contributed by atoms with E-state index in [-0.39, 0.29) is 12.1 Å². The Morgan fingerprint density at radius 2 is 2.00 bits per heavy atom. The van der Waals surface area contributed by atoms with Crippen molar-refractivity contribution in [2.75, 3.05) is 32.8 Å². The second kappa shape index (κ2) is 12.4. The van der Waals surface area contributed by atoms with E-state index in [0.29, 0.717) is 6.61 Å². The maximum absolute atomic E-state index is 12.0. The summed E-state index contributed by atoms with van der Waals surface area (Å²) in [6, 6.07) is 10.3. The van der Waals surface area contributed by atoms with E-state index in [9.17, 15) is 4.79 Å². The lowest BCUT2D eigenvalue weighted by Crippen LogP contribution is -2.44. The van der Waals surface area contributed by atoms with Gasteiger partial charge >= 0.3 is 6.09 Å².